The monoisotopic (exact) mass is 132 g/mol. The Hall–Kier alpha value is -0.540. The largest absolute Gasteiger partial charge is 0.372 e. The molecule has 0 aliphatic heterocycles. The number of aromatic amines is 1. The summed E-state index contributed by atoms with van der Waals surface area (Å²) in [5.74, 6) is 0. The number of aromatic nitrogens is 2. The first-order chi connectivity index (χ1) is 3.80. The van der Waals surface area contributed by atoms with Crippen molar-refractivity contribution in [3.05, 3.63) is 18.0 Å². The van der Waals surface area contributed by atoms with E-state index in [4.69, 9.17) is 16.7 Å². The van der Waals surface area contributed by atoms with Gasteiger partial charge in [-0.25, -0.2) is 0 Å². The molecule has 44 valence electrons. The van der Waals surface area contributed by atoms with Gasteiger partial charge in [0.15, 0.2) is 5.56 Å². The van der Waals surface area contributed by atoms with E-state index >= 15 is 0 Å². The molecule has 0 spiro atoms. The molecule has 2 N–H and O–H groups in total. The number of nitrogens with one attached hydrogen (secondary N) is 1. The summed E-state index contributed by atoms with van der Waals surface area (Å²) in [5.41, 5.74) is -0.441. The Balaban J connectivity index is 2.77. The van der Waals surface area contributed by atoms with E-state index in [9.17, 15) is 0 Å². The van der Waals surface area contributed by atoms with Crippen molar-refractivity contribution in [3.63, 3.8) is 0 Å². The second-order valence-electron chi connectivity index (χ2n) is 1.35. The highest BCUT2D eigenvalue weighted by Crippen LogP contribution is 2.11. The van der Waals surface area contributed by atoms with E-state index in [-0.39, 0.29) is 0 Å². The van der Waals surface area contributed by atoms with Crippen LogP contribution in [-0.2, 0) is 0 Å². The minimum atomic E-state index is -0.961. The predicted molar refractivity (Wildman–Crippen MR) is 29.4 cm³/mol. The first kappa shape index (κ1) is 5.59. The van der Waals surface area contributed by atoms with Gasteiger partial charge in [-0.05, 0) is 6.07 Å². The van der Waals surface area contributed by atoms with Gasteiger partial charge in [0.05, 0.1) is 5.69 Å². The molecule has 0 saturated carbocycles. The topological polar surface area (TPSA) is 48.9 Å². The fourth-order valence-corrected chi connectivity index (χ4v) is 0.521. The Morgan fingerprint density at radius 2 is 2.62 bits per heavy atom. The summed E-state index contributed by atoms with van der Waals surface area (Å²) in [6.45, 7) is 0. The summed E-state index contributed by atoms with van der Waals surface area (Å²) in [4.78, 5) is 0. The van der Waals surface area contributed by atoms with E-state index in [1.54, 1.807) is 6.07 Å². The number of alkyl halides is 1. The van der Waals surface area contributed by atoms with E-state index in [0.717, 1.165) is 0 Å². The zero-order chi connectivity index (χ0) is 5.98. The molecule has 1 atom stereocenters. The molecule has 1 unspecified atom stereocenters. The number of rotatable bonds is 1. The molecule has 1 aromatic heterocycles. The summed E-state index contributed by atoms with van der Waals surface area (Å²) in [6, 6.07) is 1.61. The molecule has 0 aliphatic carbocycles. The molecule has 1 aromatic rings. The zero-order valence-electron chi connectivity index (χ0n) is 4.00. The summed E-state index contributed by atoms with van der Waals surface area (Å²) < 4.78 is 0. The fraction of sp³-hybridized carbons (Fsp3) is 0.250. The van der Waals surface area contributed by atoms with E-state index in [1.165, 1.54) is 6.20 Å². The quantitative estimate of drug-likeness (QED) is 0.551. The highest BCUT2D eigenvalue weighted by atomic mass is 35.5. The van der Waals surface area contributed by atoms with Crippen molar-refractivity contribution in [2.45, 2.75) is 5.56 Å². The smallest absolute Gasteiger partial charge is 0.169 e. The summed E-state index contributed by atoms with van der Waals surface area (Å²) >= 11 is 5.23. The molecule has 0 bridgehead atoms. The van der Waals surface area contributed by atoms with Crippen molar-refractivity contribution >= 4 is 11.6 Å². The molecule has 4 heteroatoms. The van der Waals surface area contributed by atoms with Crippen molar-refractivity contribution in [2.75, 3.05) is 0 Å². The third-order valence-electron chi connectivity index (χ3n) is 0.779. The standard InChI is InChI=1S/C4H5ClN2O/c5-4(8)3-1-2-6-7-3/h1-2,4,8H,(H,6,7). The van der Waals surface area contributed by atoms with Crippen LogP contribution >= 0.6 is 11.6 Å². The number of nitrogens with zero attached hydrogens (tertiary/aromatic N) is 1. The molecule has 0 amide bonds. The first-order valence-electron chi connectivity index (χ1n) is 2.12. The minimum Gasteiger partial charge on any atom is -0.372 e. The highest BCUT2D eigenvalue weighted by Gasteiger charge is 2.00. The van der Waals surface area contributed by atoms with E-state index < -0.39 is 5.56 Å². The van der Waals surface area contributed by atoms with Crippen LogP contribution < -0.4 is 0 Å². The van der Waals surface area contributed by atoms with Gasteiger partial charge in [0.25, 0.3) is 0 Å². The maximum Gasteiger partial charge on any atom is 0.169 e. The maximum atomic E-state index is 8.61. The van der Waals surface area contributed by atoms with Crippen LogP contribution in [0.2, 0.25) is 0 Å². The number of halogens is 1. The van der Waals surface area contributed by atoms with Crippen LogP contribution in [0, 0.1) is 0 Å². The van der Waals surface area contributed by atoms with Gasteiger partial charge < -0.3 is 5.11 Å². The molecule has 3 nitrogen and oxygen atoms in total. The summed E-state index contributed by atoms with van der Waals surface area (Å²) in [7, 11) is 0. The number of aliphatic hydroxyl groups is 1. The van der Waals surface area contributed by atoms with Gasteiger partial charge >= 0.3 is 0 Å². The summed E-state index contributed by atoms with van der Waals surface area (Å²) in [5, 5.41) is 14.7. The normalized spacial score (nSPS) is 13.8. The molecule has 0 aliphatic rings. The lowest BCUT2D eigenvalue weighted by molar-refractivity contribution is 0.257. The molecule has 0 radical (unpaired) electrons. The molecule has 0 fully saturated rings. The molecular formula is C4H5ClN2O. The number of aliphatic hydroxyl groups excluding tert-OH is 1. The van der Waals surface area contributed by atoms with Gasteiger partial charge in [-0.2, -0.15) is 5.10 Å². The minimum absolute atomic E-state index is 0.520. The SMILES string of the molecule is OC(Cl)c1ccn[nH]1. The molecule has 1 heterocycles. The second-order valence-corrected chi connectivity index (χ2v) is 1.76. The van der Waals surface area contributed by atoms with Crippen molar-refractivity contribution in [3.8, 4) is 0 Å². The van der Waals surface area contributed by atoms with Crippen LogP contribution in [0.1, 0.15) is 11.3 Å². The van der Waals surface area contributed by atoms with Crippen LogP contribution in [0.5, 0.6) is 0 Å². The average Bonchev–Trinajstić information content (AvgIpc) is 2.12. The van der Waals surface area contributed by atoms with Gasteiger partial charge in [-0.15, -0.1) is 0 Å². The van der Waals surface area contributed by atoms with Crippen LogP contribution in [0.4, 0.5) is 0 Å². The Morgan fingerprint density at radius 1 is 1.88 bits per heavy atom. The van der Waals surface area contributed by atoms with E-state index in [1.807, 2.05) is 0 Å². The van der Waals surface area contributed by atoms with Crippen LogP contribution in [0.25, 0.3) is 0 Å². The lowest BCUT2D eigenvalue weighted by atomic mass is 10.5. The first-order valence-corrected chi connectivity index (χ1v) is 2.56. The average molecular weight is 133 g/mol. The second kappa shape index (κ2) is 2.15. The van der Waals surface area contributed by atoms with Crippen LogP contribution in [-0.4, -0.2) is 15.3 Å². The van der Waals surface area contributed by atoms with Gasteiger partial charge in [0.1, 0.15) is 0 Å². The maximum absolute atomic E-state index is 8.61. The van der Waals surface area contributed by atoms with Crippen molar-refractivity contribution in [1.29, 1.82) is 0 Å². The Labute approximate surface area is 51.3 Å². The third-order valence-corrected chi connectivity index (χ3v) is 1.01. The number of hydrogen-bond acceptors (Lipinski definition) is 2. The van der Waals surface area contributed by atoms with Crippen molar-refractivity contribution < 1.29 is 5.11 Å². The highest BCUT2D eigenvalue weighted by molar-refractivity contribution is 6.19. The molecular weight excluding hydrogens is 128 g/mol. The van der Waals surface area contributed by atoms with E-state index in [0.29, 0.717) is 5.69 Å². The lowest BCUT2D eigenvalue weighted by Crippen LogP contribution is -1.86. The number of H-pyrrole nitrogens is 1. The van der Waals surface area contributed by atoms with Gasteiger partial charge in [0.2, 0.25) is 0 Å². The molecule has 0 saturated heterocycles. The Morgan fingerprint density at radius 3 is 2.88 bits per heavy atom. The lowest BCUT2D eigenvalue weighted by Gasteiger charge is -1.92. The van der Waals surface area contributed by atoms with Crippen molar-refractivity contribution in [2.24, 2.45) is 0 Å². The predicted octanol–water partition coefficient (Wildman–Crippen LogP) is 0.639. The Bertz CT molecular complexity index is 149. The number of hydrogen-bond donors (Lipinski definition) is 2. The third kappa shape index (κ3) is 0.993. The molecule has 0 aromatic carbocycles. The Kier molecular flexibility index (Phi) is 1.50. The van der Waals surface area contributed by atoms with Crippen LogP contribution in [0.3, 0.4) is 0 Å². The van der Waals surface area contributed by atoms with Gasteiger partial charge in [-0.1, -0.05) is 11.6 Å². The summed E-state index contributed by atoms with van der Waals surface area (Å²) in [6.07, 6.45) is 1.53. The van der Waals surface area contributed by atoms with Gasteiger partial charge in [-0.3, -0.25) is 5.10 Å². The van der Waals surface area contributed by atoms with E-state index in [2.05, 4.69) is 10.2 Å². The van der Waals surface area contributed by atoms with Gasteiger partial charge in [0, 0.05) is 6.20 Å². The van der Waals surface area contributed by atoms with Crippen LogP contribution in [0.15, 0.2) is 12.3 Å². The molecule has 8 heavy (non-hydrogen) atoms. The van der Waals surface area contributed by atoms with Crippen molar-refractivity contribution in [1.82, 2.24) is 10.2 Å². The molecule has 1 rings (SSSR count). The zero-order valence-corrected chi connectivity index (χ0v) is 4.76. The fourth-order valence-electron chi connectivity index (χ4n) is 0.399.